The molecule has 7 rings (SSSR count). The van der Waals surface area contributed by atoms with Crippen LogP contribution in [0.1, 0.15) is 61.7 Å². The van der Waals surface area contributed by atoms with E-state index in [0.717, 1.165) is 18.1 Å². The number of carbonyl (C=O) groups excluding carboxylic acids is 2. The number of alkyl halides is 2. The molecule has 2 N–H and O–H groups in total. The Bertz CT molecular complexity index is 1590. The van der Waals surface area contributed by atoms with E-state index in [9.17, 15) is 19.8 Å². The Morgan fingerprint density at radius 3 is 2.52 bits per heavy atom. The van der Waals surface area contributed by atoms with Gasteiger partial charge in [-0.1, -0.05) is 67.1 Å². The van der Waals surface area contributed by atoms with Crippen molar-refractivity contribution in [2.75, 3.05) is 6.61 Å². The highest BCUT2D eigenvalue weighted by atomic mass is 19.1. The summed E-state index contributed by atoms with van der Waals surface area (Å²) in [6, 6.07) is 16.1. The number of fused-ring (bicyclic) bond motifs is 7. The van der Waals surface area contributed by atoms with Crippen molar-refractivity contribution >= 4 is 11.6 Å². The van der Waals surface area contributed by atoms with Gasteiger partial charge < -0.3 is 19.7 Å². The van der Waals surface area contributed by atoms with E-state index in [2.05, 4.69) is 25.1 Å². The molecule has 0 bridgehead atoms. The van der Waals surface area contributed by atoms with Gasteiger partial charge in [-0.25, -0.2) is 8.78 Å². The lowest BCUT2D eigenvalue weighted by Crippen LogP contribution is -2.70. The van der Waals surface area contributed by atoms with E-state index in [0.29, 0.717) is 5.56 Å². The van der Waals surface area contributed by atoms with E-state index in [1.807, 2.05) is 30.3 Å². The largest absolute Gasteiger partial charge is 0.390 e. The molecule has 1 aliphatic heterocycles. The molecule has 232 valence electrons. The van der Waals surface area contributed by atoms with Crippen molar-refractivity contribution < 1.29 is 38.1 Å². The summed E-state index contributed by atoms with van der Waals surface area (Å²) in [6.45, 7) is 4.57. The molecular formula is C36H38F2O6. The number of aliphatic hydroxyl groups excluding tert-OH is 2. The number of carbonyl (C=O) groups is 2. The van der Waals surface area contributed by atoms with Gasteiger partial charge in [0, 0.05) is 22.3 Å². The Morgan fingerprint density at radius 1 is 1.07 bits per heavy atom. The minimum absolute atomic E-state index is 0.0455. The molecule has 5 aliphatic rings. The number of Topliss-reactive ketones (excluding diaryl/α,β-unsaturated/α-hetero) is 1. The summed E-state index contributed by atoms with van der Waals surface area (Å²) in [5.41, 5.74) is -2.39. The number of rotatable bonds is 5. The van der Waals surface area contributed by atoms with Gasteiger partial charge in [0.25, 0.3) is 0 Å². The first-order valence-corrected chi connectivity index (χ1v) is 15.5. The minimum Gasteiger partial charge on any atom is -0.390 e. The van der Waals surface area contributed by atoms with Gasteiger partial charge in [0.05, 0.1) is 12.2 Å². The molecule has 0 amide bonds. The molecule has 0 spiro atoms. The van der Waals surface area contributed by atoms with Crippen LogP contribution in [0.2, 0.25) is 0 Å². The number of hydrogen-bond acceptors (Lipinski definition) is 6. The highest BCUT2D eigenvalue weighted by Crippen LogP contribution is 2.72. The summed E-state index contributed by atoms with van der Waals surface area (Å²) >= 11 is 0. The van der Waals surface area contributed by atoms with Crippen molar-refractivity contribution in [1.82, 2.24) is 0 Å². The molecular weight excluding hydrogens is 566 g/mol. The van der Waals surface area contributed by atoms with Gasteiger partial charge in [-0.3, -0.25) is 9.59 Å². The Hall–Kier alpha value is -3.04. The van der Waals surface area contributed by atoms with E-state index >= 15 is 8.78 Å². The van der Waals surface area contributed by atoms with Crippen molar-refractivity contribution in [2.45, 2.75) is 82.4 Å². The maximum atomic E-state index is 17.5. The van der Waals surface area contributed by atoms with Crippen LogP contribution in [0.5, 0.6) is 0 Å². The summed E-state index contributed by atoms with van der Waals surface area (Å²) in [7, 11) is 0. The molecule has 0 radical (unpaired) electrons. The summed E-state index contributed by atoms with van der Waals surface area (Å²) in [4.78, 5) is 25.8. The maximum Gasteiger partial charge on any atom is 0.193 e. The van der Waals surface area contributed by atoms with Crippen molar-refractivity contribution in [3.05, 3.63) is 94.6 Å². The van der Waals surface area contributed by atoms with Crippen LogP contribution in [0.15, 0.2) is 72.3 Å². The highest BCUT2D eigenvalue weighted by molar-refractivity contribution is 6.01. The quantitative estimate of drug-likeness (QED) is 0.486. The van der Waals surface area contributed by atoms with Gasteiger partial charge in [-0.2, -0.15) is 0 Å². The Morgan fingerprint density at radius 2 is 1.82 bits per heavy atom. The van der Waals surface area contributed by atoms with Crippen LogP contribution in [0.4, 0.5) is 8.78 Å². The average Bonchev–Trinajstić information content (AvgIpc) is 3.49. The number of aliphatic hydroxyl groups is 2. The van der Waals surface area contributed by atoms with Gasteiger partial charge >= 0.3 is 0 Å². The second-order valence-corrected chi connectivity index (χ2v) is 13.9. The molecule has 3 saturated carbocycles. The van der Waals surface area contributed by atoms with Crippen LogP contribution < -0.4 is 0 Å². The summed E-state index contributed by atoms with van der Waals surface area (Å²) < 4.78 is 46.3. The average molecular weight is 605 g/mol. The normalized spacial score (nSPS) is 42.2. The second kappa shape index (κ2) is 9.98. The standard InChI is InChI=1S/C36H38F2O6/c1-20-5-4-6-22(13-20)14-21-7-9-23(10-8-21)32-43-31-17-25-26-16-28(37)27-15-24(40)11-12-33(27,2)35(26,38)29(41)18-34(25,3)36(31,44-32)30(42)19-39/h4-13,15,25-26,28-29,31-32,39,41H,14,16-19H2,1-3H3/t25-,26-,28-,29-,31+,32+,33-,34-,35-,36+/m0/s1. The van der Waals surface area contributed by atoms with Crippen LogP contribution in [-0.2, 0) is 25.5 Å². The van der Waals surface area contributed by atoms with Crippen molar-refractivity contribution in [2.24, 2.45) is 22.7 Å². The number of hydrogen-bond donors (Lipinski definition) is 2. The monoisotopic (exact) mass is 604 g/mol. The molecule has 44 heavy (non-hydrogen) atoms. The molecule has 2 aromatic carbocycles. The maximum absolute atomic E-state index is 17.5. The fourth-order valence-corrected chi connectivity index (χ4v) is 9.57. The molecule has 0 unspecified atom stereocenters. The molecule has 10 atom stereocenters. The van der Waals surface area contributed by atoms with Crippen molar-refractivity contribution in [3.8, 4) is 0 Å². The summed E-state index contributed by atoms with van der Waals surface area (Å²) in [6.07, 6.45) is -0.544. The van der Waals surface area contributed by atoms with Gasteiger partial charge in [-0.05, 0) is 74.3 Å². The molecule has 6 nitrogen and oxygen atoms in total. The smallest absolute Gasteiger partial charge is 0.193 e. The second-order valence-electron chi connectivity index (χ2n) is 13.9. The number of halogens is 2. The van der Waals surface area contributed by atoms with Gasteiger partial charge in [0.2, 0.25) is 0 Å². The van der Waals surface area contributed by atoms with E-state index in [4.69, 9.17) is 9.47 Å². The fourth-order valence-electron chi connectivity index (χ4n) is 9.57. The first kappa shape index (κ1) is 29.7. The summed E-state index contributed by atoms with van der Waals surface area (Å²) in [5, 5.41) is 21.8. The number of benzene rings is 2. The highest BCUT2D eigenvalue weighted by Gasteiger charge is 2.80. The topological polar surface area (TPSA) is 93.1 Å². The zero-order valence-corrected chi connectivity index (χ0v) is 25.1. The number of aryl methyl sites for hydroxylation is 1. The summed E-state index contributed by atoms with van der Waals surface area (Å²) in [5.74, 6) is -2.56. The molecule has 8 heteroatoms. The lowest BCUT2D eigenvalue weighted by atomic mass is 9.44. The molecule has 2 aromatic rings. The van der Waals surface area contributed by atoms with E-state index in [1.54, 1.807) is 13.8 Å². The fraction of sp³-hybridized carbons (Fsp3) is 0.500. The Kier molecular flexibility index (Phi) is 6.73. The molecule has 4 aliphatic carbocycles. The van der Waals surface area contributed by atoms with Crippen LogP contribution in [-0.4, -0.2) is 58.0 Å². The molecule has 1 saturated heterocycles. The van der Waals surface area contributed by atoms with Crippen LogP contribution >= 0.6 is 0 Å². The predicted molar refractivity (Wildman–Crippen MR) is 158 cm³/mol. The molecule has 4 fully saturated rings. The lowest BCUT2D eigenvalue weighted by Gasteiger charge is -2.63. The third kappa shape index (κ3) is 3.84. The number of ether oxygens (including phenoxy) is 2. The van der Waals surface area contributed by atoms with Crippen molar-refractivity contribution in [3.63, 3.8) is 0 Å². The van der Waals surface area contributed by atoms with E-state index < -0.39 is 76.8 Å². The van der Waals surface area contributed by atoms with Gasteiger partial charge in [-0.15, -0.1) is 0 Å². The van der Waals surface area contributed by atoms with Gasteiger partial charge in [0.1, 0.15) is 12.8 Å². The Balaban J connectivity index is 1.21. The zero-order chi connectivity index (χ0) is 31.2. The van der Waals surface area contributed by atoms with E-state index in [-0.39, 0.29) is 24.8 Å². The Labute approximate surface area is 255 Å². The molecule has 0 aromatic heterocycles. The first-order chi connectivity index (χ1) is 20.9. The number of ketones is 2. The minimum atomic E-state index is -2.28. The number of allylic oxidation sites excluding steroid dienone is 4. The van der Waals surface area contributed by atoms with Crippen LogP contribution in [0.3, 0.4) is 0 Å². The first-order valence-electron chi connectivity index (χ1n) is 15.5. The van der Waals surface area contributed by atoms with Crippen molar-refractivity contribution in [1.29, 1.82) is 0 Å². The lowest BCUT2D eigenvalue weighted by molar-refractivity contribution is -0.235. The third-order valence-electron chi connectivity index (χ3n) is 11.7. The predicted octanol–water partition coefficient (Wildman–Crippen LogP) is 5.23. The third-order valence-corrected chi connectivity index (χ3v) is 11.7. The SMILES string of the molecule is Cc1cccc(Cc2ccc([C@@H]3O[C@@H]4C[C@H]5[C@@H]6C[C@H](F)C7=CC(=O)C=C[C@]7(C)[C@@]6(F)[C@@H](O)C[C@]5(C)[C@]4(C(=O)CO)O3)cc2)c1. The van der Waals surface area contributed by atoms with Crippen LogP contribution in [0.25, 0.3) is 0 Å². The molecule has 1 heterocycles. The van der Waals surface area contributed by atoms with Crippen LogP contribution in [0, 0.1) is 29.6 Å². The zero-order valence-electron chi connectivity index (χ0n) is 25.1. The van der Waals surface area contributed by atoms with E-state index in [1.165, 1.54) is 23.3 Å². The van der Waals surface area contributed by atoms with Gasteiger partial charge in [0.15, 0.2) is 29.1 Å².